The second kappa shape index (κ2) is 12.8. The van der Waals surface area contributed by atoms with Gasteiger partial charge in [0.1, 0.15) is 0 Å². The van der Waals surface area contributed by atoms with Crippen molar-refractivity contribution in [1.82, 2.24) is 15.5 Å². The zero-order valence-corrected chi connectivity index (χ0v) is 16.0. The molecule has 24 heavy (non-hydrogen) atoms. The summed E-state index contributed by atoms with van der Waals surface area (Å²) in [5, 5.41) is 6.88. The van der Waals surface area contributed by atoms with Crippen molar-refractivity contribution in [3.8, 4) is 0 Å². The smallest absolute Gasteiger partial charge is 0.191 e. The van der Waals surface area contributed by atoms with Gasteiger partial charge in [-0.15, -0.1) is 0 Å². The molecule has 0 spiro atoms. The molecule has 0 aliphatic rings. The number of nitrogens with zero attached hydrogens (tertiary/aromatic N) is 2. The van der Waals surface area contributed by atoms with Crippen LogP contribution in [0, 0.1) is 0 Å². The Morgan fingerprint density at radius 1 is 1.12 bits per heavy atom. The van der Waals surface area contributed by atoms with E-state index in [1.54, 1.807) is 0 Å². The van der Waals surface area contributed by atoms with Crippen molar-refractivity contribution >= 4 is 5.96 Å². The summed E-state index contributed by atoms with van der Waals surface area (Å²) >= 11 is 0. The van der Waals surface area contributed by atoms with Gasteiger partial charge in [-0.05, 0) is 58.3 Å². The molecule has 136 valence electrons. The molecule has 1 aromatic carbocycles. The predicted octanol–water partition coefficient (Wildman–Crippen LogP) is 3.29. The van der Waals surface area contributed by atoms with Gasteiger partial charge >= 0.3 is 0 Å². The lowest BCUT2D eigenvalue weighted by molar-refractivity contribution is 0.292. The number of benzene rings is 1. The largest absolute Gasteiger partial charge is 0.357 e. The zero-order valence-electron chi connectivity index (χ0n) is 16.0. The van der Waals surface area contributed by atoms with Crippen molar-refractivity contribution in [3.63, 3.8) is 0 Å². The Hall–Kier alpha value is -1.55. The molecule has 0 saturated carbocycles. The van der Waals surface area contributed by atoms with Crippen LogP contribution in [0.25, 0.3) is 0 Å². The van der Waals surface area contributed by atoms with E-state index in [0.717, 1.165) is 38.6 Å². The Morgan fingerprint density at radius 2 is 1.83 bits per heavy atom. The maximum absolute atomic E-state index is 4.71. The summed E-state index contributed by atoms with van der Waals surface area (Å²) in [5.74, 6) is 0.934. The minimum absolute atomic E-state index is 0.440. The van der Waals surface area contributed by atoms with Crippen LogP contribution >= 0.6 is 0 Å². The standard InChI is InChI=1S/C20H36N4/c1-5-21-20(22-16-15-19-13-9-8-10-14-19)23-18(4)12-11-17-24(6-2)7-3/h8-10,13-14,18H,5-7,11-12,15-17H2,1-4H3,(H2,21,22,23). The highest BCUT2D eigenvalue weighted by atomic mass is 15.2. The van der Waals surface area contributed by atoms with Crippen LogP contribution in [0.2, 0.25) is 0 Å². The molecule has 4 heteroatoms. The highest BCUT2D eigenvalue weighted by Crippen LogP contribution is 2.01. The maximum Gasteiger partial charge on any atom is 0.191 e. The molecule has 0 aliphatic carbocycles. The number of hydrogen-bond donors (Lipinski definition) is 2. The molecule has 0 bridgehead atoms. The second-order valence-electron chi connectivity index (χ2n) is 6.21. The SMILES string of the molecule is CCNC(=NCCc1ccccc1)NC(C)CCCN(CC)CC. The maximum atomic E-state index is 4.71. The van der Waals surface area contributed by atoms with Gasteiger partial charge in [-0.25, -0.2) is 0 Å². The lowest BCUT2D eigenvalue weighted by Gasteiger charge is -2.21. The first-order valence-corrected chi connectivity index (χ1v) is 9.50. The van der Waals surface area contributed by atoms with E-state index in [0.29, 0.717) is 6.04 Å². The molecule has 0 radical (unpaired) electrons. The monoisotopic (exact) mass is 332 g/mol. The Balaban J connectivity index is 2.36. The van der Waals surface area contributed by atoms with Crippen molar-refractivity contribution in [1.29, 1.82) is 0 Å². The minimum Gasteiger partial charge on any atom is -0.357 e. The summed E-state index contributed by atoms with van der Waals surface area (Å²) in [6.45, 7) is 14.0. The van der Waals surface area contributed by atoms with Crippen LogP contribution in [-0.4, -0.2) is 49.6 Å². The fourth-order valence-electron chi connectivity index (χ4n) is 2.73. The van der Waals surface area contributed by atoms with E-state index in [2.05, 4.69) is 73.6 Å². The molecule has 0 aromatic heterocycles. The lowest BCUT2D eigenvalue weighted by atomic mass is 10.1. The molecule has 0 aliphatic heterocycles. The van der Waals surface area contributed by atoms with Crippen molar-refractivity contribution in [2.24, 2.45) is 4.99 Å². The van der Waals surface area contributed by atoms with Crippen LogP contribution < -0.4 is 10.6 Å². The summed E-state index contributed by atoms with van der Waals surface area (Å²) in [4.78, 5) is 7.19. The van der Waals surface area contributed by atoms with Crippen LogP contribution in [0.4, 0.5) is 0 Å². The third-order valence-electron chi connectivity index (χ3n) is 4.25. The number of guanidine groups is 1. The molecule has 2 N–H and O–H groups in total. The average molecular weight is 333 g/mol. The van der Waals surface area contributed by atoms with Gasteiger partial charge < -0.3 is 15.5 Å². The van der Waals surface area contributed by atoms with Crippen LogP contribution in [0.3, 0.4) is 0 Å². The number of rotatable bonds is 11. The average Bonchev–Trinajstić information content (AvgIpc) is 2.60. The first kappa shape index (κ1) is 20.5. The molecule has 0 heterocycles. The van der Waals surface area contributed by atoms with E-state index in [4.69, 9.17) is 4.99 Å². The summed E-state index contributed by atoms with van der Waals surface area (Å²) in [7, 11) is 0. The van der Waals surface area contributed by atoms with Crippen molar-refractivity contribution < 1.29 is 0 Å². The van der Waals surface area contributed by atoms with E-state index in [1.807, 2.05) is 0 Å². The number of aliphatic imine (C=N–C) groups is 1. The normalized spacial score (nSPS) is 13.1. The van der Waals surface area contributed by atoms with Crippen molar-refractivity contribution in [2.45, 2.75) is 53.0 Å². The van der Waals surface area contributed by atoms with Crippen LogP contribution in [0.5, 0.6) is 0 Å². The van der Waals surface area contributed by atoms with Crippen molar-refractivity contribution in [2.75, 3.05) is 32.7 Å². The summed E-state index contributed by atoms with van der Waals surface area (Å²) in [6.07, 6.45) is 3.37. The fraction of sp³-hybridized carbons (Fsp3) is 0.650. The van der Waals surface area contributed by atoms with Gasteiger partial charge in [0, 0.05) is 19.1 Å². The zero-order chi connectivity index (χ0) is 17.6. The van der Waals surface area contributed by atoms with Gasteiger partial charge in [0.25, 0.3) is 0 Å². The third-order valence-corrected chi connectivity index (χ3v) is 4.25. The fourth-order valence-corrected chi connectivity index (χ4v) is 2.73. The van der Waals surface area contributed by atoms with Crippen LogP contribution in [-0.2, 0) is 6.42 Å². The molecule has 1 unspecified atom stereocenters. The van der Waals surface area contributed by atoms with Crippen LogP contribution in [0.15, 0.2) is 35.3 Å². The Morgan fingerprint density at radius 3 is 2.46 bits per heavy atom. The summed E-state index contributed by atoms with van der Waals surface area (Å²) < 4.78 is 0. The molecule has 4 nitrogen and oxygen atoms in total. The highest BCUT2D eigenvalue weighted by molar-refractivity contribution is 5.80. The third kappa shape index (κ3) is 8.92. The van der Waals surface area contributed by atoms with Gasteiger partial charge in [-0.3, -0.25) is 4.99 Å². The van der Waals surface area contributed by atoms with Gasteiger partial charge in [0.05, 0.1) is 0 Å². The Bertz CT molecular complexity index is 440. The van der Waals surface area contributed by atoms with Gasteiger partial charge in [-0.1, -0.05) is 44.2 Å². The molecular weight excluding hydrogens is 296 g/mol. The van der Waals surface area contributed by atoms with Gasteiger partial charge in [0.2, 0.25) is 0 Å². The Kier molecular flexibility index (Phi) is 10.9. The number of hydrogen-bond acceptors (Lipinski definition) is 2. The van der Waals surface area contributed by atoms with Gasteiger partial charge in [0.15, 0.2) is 5.96 Å². The molecule has 0 fully saturated rings. The van der Waals surface area contributed by atoms with Gasteiger partial charge in [-0.2, -0.15) is 0 Å². The van der Waals surface area contributed by atoms with E-state index in [-0.39, 0.29) is 0 Å². The van der Waals surface area contributed by atoms with E-state index in [1.165, 1.54) is 24.9 Å². The van der Waals surface area contributed by atoms with E-state index >= 15 is 0 Å². The topological polar surface area (TPSA) is 39.7 Å². The molecule has 1 rings (SSSR count). The quantitative estimate of drug-likeness (QED) is 0.482. The van der Waals surface area contributed by atoms with E-state index < -0.39 is 0 Å². The highest BCUT2D eigenvalue weighted by Gasteiger charge is 2.06. The van der Waals surface area contributed by atoms with Crippen LogP contribution in [0.1, 0.15) is 46.1 Å². The lowest BCUT2D eigenvalue weighted by Crippen LogP contribution is -2.42. The summed E-state index contributed by atoms with van der Waals surface area (Å²) in [5.41, 5.74) is 1.34. The number of nitrogens with one attached hydrogen (secondary N) is 2. The Labute approximate surface area is 148 Å². The first-order valence-electron chi connectivity index (χ1n) is 9.50. The minimum atomic E-state index is 0.440. The summed E-state index contributed by atoms with van der Waals surface area (Å²) in [6, 6.07) is 11.0. The molecule has 0 saturated heterocycles. The molecule has 0 amide bonds. The van der Waals surface area contributed by atoms with E-state index in [9.17, 15) is 0 Å². The molecule has 1 atom stereocenters. The van der Waals surface area contributed by atoms with Crippen molar-refractivity contribution in [3.05, 3.63) is 35.9 Å². The molecular formula is C20H36N4. The predicted molar refractivity (Wildman–Crippen MR) is 106 cm³/mol. The molecule has 1 aromatic rings. The second-order valence-corrected chi connectivity index (χ2v) is 6.21. The first-order chi connectivity index (χ1) is 11.7.